The smallest absolute Gasteiger partial charge is 0.263 e. The zero-order valence-electron chi connectivity index (χ0n) is 13.9. The summed E-state index contributed by atoms with van der Waals surface area (Å²) in [7, 11) is 29.4. The number of carbonyl (C=O) groups is 2. The summed E-state index contributed by atoms with van der Waals surface area (Å²) in [4.78, 5) is 41.4. The number of aromatic nitrogens is 2. The molecule has 7 nitrogen and oxygen atoms in total. The maximum absolute atomic E-state index is 13.1. The van der Waals surface area contributed by atoms with Gasteiger partial charge in [-0.3, -0.25) is 24.3 Å². The molecule has 2 amide bonds. The van der Waals surface area contributed by atoms with E-state index in [0.717, 1.165) is 4.57 Å². The molecule has 10 radical (unpaired) electrons. The summed E-state index contributed by atoms with van der Waals surface area (Å²) in [5.41, 5.74) is 3.09. The van der Waals surface area contributed by atoms with E-state index in [0.29, 0.717) is 0 Å². The average Bonchev–Trinajstić information content (AvgIpc) is 2.56. The molecule has 26 heavy (non-hydrogen) atoms. The zero-order chi connectivity index (χ0) is 19.5. The van der Waals surface area contributed by atoms with Crippen LogP contribution >= 0.6 is 0 Å². The van der Waals surface area contributed by atoms with Gasteiger partial charge in [-0.25, -0.2) is 4.98 Å². The molecule has 1 aliphatic heterocycles. The molecule has 0 bridgehead atoms. The van der Waals surface area contributed by atoms with Crippen molar-refractivity contribution < 1.29 is 9.59 Å². The van der Waals surface area contributed by atoms with Crippen LogP contribution in [0.3, 0.4) is 0 Å². The number of hydrogen-bond donors (Lipinski definition) is 2. The van der Waals surface area contributed by atoms with Crippen LogP contribution in [0.4, 0.5) is 5.69 Å². The number of piperidine rings is 1. The Morgan fingerprint density at radius 3 is 2.42 bits per heavy atom. The fraction of sp³-hybridized carbons (Fsp3) is 0.286. The number of nitrogen functional groups attached to an aromatic ring is 1. The first kappa shape index (κ1) is 18.4. The van der Waals surface area contributed by atoms with Gasteiger partial charge in [-0.2, -0.15) is 0 Å². The van der Waals surface area contributed by atoms with E-state index in [1.807, 2.05) is 0 Å². The van der Waals surface area contributed by atoms with Crippen LogP contribution in [0.1, 0.15) is 12.2 Å². The number of imide groups is 1. The van der Waals surface area contributed by atoms with Crippen molar-refractivity contribution in [3.05, 3.63) is 16.2 Å². The van der Waals surface area contributed by atoms with Gasteiger partial charge in [0.1, 0.15) is 37.2 Å². The Morgan fingerprint density at radius 2 is 1.81 bits per heavy atom. The van der Waals surface area contributed by atoms with Crippen LogP contribution in [0.25, 0.3) is 10.9 Å². The van der Waals surface area contributed by atoms with E-state index in [1.54, 1.807) is 0 Å². The lowest BCUT2D eigenvalue weighted by Crippen LogP contribution is -2.60. The van der Waals surface area contributed by atoms with E-state index in [4.69, 9.17) is 45.0 Å². The fourth-order valence-corrected chi connectivity index (χ4v) is 3.11. The molecule has 1 aromatic carbocycles. The van der Waals surface area contributed by atoms with Crippen molar-refractivity contribution in [3.63, 3.8) is 0 Å². The highest BCUT2D eigenvalue weighted by Gasteiger charge is 2.44. The average molecular weight is 335 g/mol. The highest BCUT2D eigenvalue weighted by molar-refractivity contribution is 6.61. The normalized spacial score (nSPS) is 23.2. The zero-order valence-corrected chi connectivity index (χ0v) is 13.9. The molecule has 118 valence electrons. The lowest BCUT2D eigenvalue weighted by Gasteiger charge is -2.38. The van der Waals surface area contributed by atoms with Crippen molar-refractivity contribution in [2.75, 3.05) is 5.73 Å². The number of nitrogens with two attached hydrogens (primary N) is 1. The van der Waals surface area contributed by atoms with Crippen molar-refractivity contribution in [1.82, 2.24) is 14.9 Å². The molecule has 1 aliphatic rings. The molecule has 12 heteroatoms. The second-order valence-corrected chi connectivity index (χ2v) is 6.23. The number of fused-ring (bicyclic) bond motifs is 1. The molecule has 2 atom stereocenters. The summed E-state index contributed by atoms with van der Waals surface area (Å²) in [6.07, 6.45) is -0.300. The molecule has 2 heterocycles. The maximum atomic E-state index is 13.1. The minimum Gasteiger partial charge on any atom is -0.399 e. The van der Waals surface area contributed by atoms with Gasteiger partial charge in [0.05, 0.1) is 24.2 Å². The number of carbonyl (C=O) groups excluding carboxylic acids is 2. The van der Waals surface area contributed by atoms with Crippen molar-refractivity contribution in [3.8, 4) is 0 Å². The summed E-state index contributed by atoms with van der Waals surface area (Å²) in [6, 6.07) is 0. The standard InChI is InChI=1S/C14H9B5N4O3/c1-3-21-10-5(9(20)7(17)6(16)8(10)18)12(25)23(3)14(19)2-4(15)11(24)22-13(14)26/h4H,2,20H2,1H3,(H,22,24,26). The van der Waals surface area contributed by atoms with Gasteiger partial charge in [0, 0.05) is 11.5 Å². The van der Waals surface area contributed by atoms with E-state index in [9.17, 15) is 14.4 Å². The topological polar surface area (TPSA) is 107 Å². The van der Waals surface area contributed by atoms with Crippen LogP contribution in [0.15, 0.2) is 4.79 Å². The minimum absolute atomic E-state index is 0.00420. The Morgan fingerprint density at radius 1 is 1.19 bits per heavy atom. The first-order valence-corrected chi connectivity index (χ1v) is 7.56. The Bertz CT molecular complexity index is 1050. The van der Waals surface area contributed by atoms with Crippen molar-refractivity contribution in [1.29, 1.82) is 0 Å². The SMILES string of the molecule is [B]c1c([B])c(N)c2c(=O)n(C3([B])CC([B])C(=O)NC3=O)c(C)nc2c1[B]. The van der Waals surface area contributed by atoms with Gasteiger partial charge in [-0.05, 0) is 13.3 Å². The summed E-state index contributed by atoms with van der Waals surface area (Å²) >= 11 is 0. The van der Waals surface area contributed by atoms with E-state index < -0.39 is 28.6 Å². The van der Waals surface area contributed by atoms with Gasteiger partial charge in [0.15, 0.2) is 0 Å². The second-order valence-electron chi connectivity index (χ2n) is 6.23. The number of anilines is 1. The quantitative estimate of drug-likeness (QED) is 0.310. The minimum atomic E-state index is -1.94. The van der Waals surface area contributed by atoms with Gasteiger partial charge in [-0.15, -0.1) is 5.46 Å². The molecule has 2 aromatic rings. The van der Waals surface area contributed by atoms with Crippen LogP contribution in [-0.2, 0) is 15.0 Å². The highest BCUT2D eigenvalue weighted by Crippen LogP contribution is 2.29. The number of benzene rings is 1. The Kier molecular flexibility index (Phi) is 4.12. The predicted molar refractivity (Wildman–Crippen MR) is 102 cm³/mol. The van der Waals surface area contributed by atoms with Crippen LogP contribution in [0.2, 0.25) is 5.82 Å². The van der Waals surface area contributed by atoms with E-state index >= 15 is 0 Å². The molecule has 0 saturated carbocycles. The molecular weight excluding hydrogens is 326 g/mol. The lowest BCUT2D eigenvalue weighted by molar-refractivity contribution is -0.137. The number of nitrogens with zero attached hydrogens (tertiary/aromatic N) is 2. The molecular formula is C14H9B5N4O3. The number of rotatable bonds is 1. The fourth-order valence-electron chi connectivity index (χ4n) is 3.11. The van der Waals surface area contributed by atoms with Gasteiger partial charge in [0.25, 0.3) is 5.56 Å². The number of hydrogen-bond acceptors (Lipinski definition) is 5. The Hall–Kier alpha value is -2.38. The second kappa shape index (κ2) is 5.82. The lowest BCUT2D eigenvalue weighted by atomic mass is 9.63. The van der Waals surface area contributed by atoms with Gasteiger partial charge in [-0.1, -0.05) is 10.9 Å². The molecule has 0 aliphatic carbocycles. The monoisotopic (exact) mass is 336 g/mol. The third kappa shape index (κ3) is 2.35. The number of amides is 2. The molecule has 3 rings (SSSR count). The molecule has 3 N–H and O–H groups in total. The highest BCUT2D eigenvalue weighted by atomic mass is 16.2. The summed E-state index contributed by atoms with van der Waals surface area (Å²) in [5.74, 6) is -2.59. The van der Waals surface area contributed by atoms with Gasteiger partial charge in [0.2, 0.25) is 11.8 Å². The van der Waals surface area contributed by atoms with E-state index in [-0.39, 0.29) is 45.2 Å². The van der Waals surface area contributed by atoms with E-state index in [1.165, 1.54) is 6.92 Å². The van der Waals surface area contributed by atoms with Gasteiger partial charge < -0.3 is 5.73 Å². The van der Waals surface area contributed by atoms with Crippen molar-refractivity contribution >= 4 is 84.0 Å². The Labute approximate surface area is 155 Å². The molecule has 1 fully saturated rings. The van der Waals surface area contributed by atoms with Gasteiger partial charge >= 0.3 is 0 Å². The molecule has 1 aromatic heterocycles. The van der Waals surface area contributed by atoms with E-state index in [2.05, 4.69) is 10.3 Å². The first-order chi connectivity index (χ1) is 12.0. The third-order valence-corrected chi connectivity index (χ3v) is 4.54. The van der Waals surface area contributed by atoms with Crippen molar-refractivity contribution in [2.45, 2.75) is 24.6 Å². The molecule has 1 saturated heterocycles. The first-order valence-electron chi connectivity index (χ1n) is 7.56. The van der Waals surface area contributed by atoms with Crippen LogP contribution in [0, 0.1) is 6.92 Å². The van der Waals surface area contributed by atoms with Crippen LogP contribution < -0.4 is 33.0 Å². The molecule has 0 spiro atoms. The predicted octanol–water partition coefficient (Wildman–Crippen LogP) is -4.51. The summed E-state index contributed by atoms with van der Waals surface area (Å²) in [5, 5.41) is 1.93. The van der Waals surface area contributed by atoms with Crippen molar-refractivity contribution in [2.24, 2.45) is 0 Å². The van der Waals surface area contributed by atoms with Crippen LogP contribution in [-0.4, -0.2) is 60.6 Å². The largest absolute Gasteiger partial charge is 0.399 e. The summed E-state index contributed by atoms with van der Waals surface area (Å²) in [6.45, 7) is 1.45. The van der Waals surface area contributed by atoms with Crippen LogP contribution in [0.5, 0.6) is 0 Å². The number of nitrogens with one attached hydrogen (secondary N) is 1. The third-order valence-electron chi connectivity index (χ3n) is 4.54. The Balaban J connectivity index is 2.41. The summed E-state index contributed by atoms with van der Waals surface area (Å²) < 4.78 is 0.933. The number of aryl methyl sites for hydroxylation is 1. The molecule has 2 unspecified atom stereocenters. The maximum Gasteiger partial charge on any atom is 0.263 e.